The van der Waals surface area contributed by atoms with Crippen LogP contribution in [-0.2, 0) is 11.2 Å². The zero-order chi connectivity index (χ0) is 15.5. The second kappa shape index (κ2) is 6.96. The number of nitrogens with two attached hydrogens (primary N) is 1. The lowest BCUT2D eigenvalue weighted by atomic mass is 10.0. The second-order valence-electron chi connectivity index (χ2n) is 5.32. The molecule has 1 saturated heterocycles. The first kappa shape index (κ1) is 15.7. The third-order valence-corrected chi connectivity index (χ3v) is 5.16. The van der Waals surface area contributed by atoms with E-state index in [2.05, 4.69) is 4.90 Å². The van der Waals surface area contributed by atoms with Crippen molar-refractivity contribution in [3.05, 3.63) is 39.3 Å². The van der Waals surface area contributed by atoms with Crippen molar-refractivity contribution in [1.29, 1.82) is 0 Å². The van der Waals surface area contributed by atoms with Crippen molar-refractivity contribution in [1.82, 2.24) is 4.90 Å². The molecule has 1 aliphatic heterocycles. The van der Waals surface area contributed by atoms with E-state index in [9.17, 15) is 4.39 Å². The van der Waals surface area contributed by atoms with Crippen molar-refractivity contribution in [2.75, 3.05) is 38.6 Å². The van der Waals surface area contributed by atoms with Gasteiger partial charge in [-0.15, -0.1) is 11.3 Å². The quantitative estimate of drug-likeness (QED) is 0.863. The molecule has 2 heterocycles. The molecule has 1 aliphatic rings. The highest BCUT2D eigenvalue weighted by molar-refractivity contribution is 7.10. The van der Waals surface area contributed by atoms with Gasteiger partial charge in [0.05, 0.1) is 18.2 Å². The number of hydrogen-bond acceptors (Lipinski definition) is 4. The van der Waals surface area contributed by atoms with E-state index >= 15 is 0 Å². The Labute approximate surface area is 138 Å². The van der Waals surface area contributed by atoms with Gasteiger partial charge in [0.25, 0.3) is 0 Å². The van der Waals surface area contributed by atoms with Crippen molar-refractivity contribution in [2.24, 2.45) is 0 Å². The number of benzene rings is 1. The van der Waals surface area contributed by atoms with E-state index in [4.69, 9.17) is 22.1 Å². The van der Waals surface area contributed by atoms with Crippen molar-refractivity contribution in [3.63, 3.8) is 0 Å². The van der Waals surface area contributed by atoms with Crippen molar-refractivity contribution in [3.8, 4) is 11.1 Å². The highest BCUT2D eigenvalue weighted by Gasteiger charge is 2.15. The molecule has 0 bridgehead atoms. The average Bonchev–Trinajstić information content (AvgIpc) is 2.98. The molecule has 2 N–H and O–H groups in total. The minimum Gasteiger partial charge on any atom is -0.398 e. The normalized spacial score (nSPS) is 16.1. The van der Waals surface area contributed by atoms with Crippen LogP contribution in [0.15, 0.2) is 23.6 Å². The Hall–Kier alpha value is -1.14. The molecule has 1 aromatic heterocycles. The maximum atomic E-state index is 13.8. The maximum absolute atomic E-state index is 13.8. The molecule has 3 rings (SSSR count). The molecule has 1 aromatic carbocycles. The predicted molar refractivity (Wildman–Crippen MR) is 90.1 cm³/mol. The summed E-state index contributed by atoms with van der Waals surface area (Å²) < 4.78 is 19.1. The van der Waals surface area contributed by atoms with Crippen LogP contribution in [0.5, 0.6) is 0 Å². The second-order valence-corrected chi connectivity index (χ2v) is 6.72. The van der Waals surface area contributed by atoms with Crippen LogP contribution in [0.2, 0.25) is 5.02 Å². The number of rotatable bonds is 4. The van der Waals surface area contributed by atoms with E-state index in [1.54, 1.807) is 11.3 Å². The standard InChI is InChI=1S/C16H18ClFN2OS/c17-13-10-15(19)12(9-14(13)18)11-2-8-22-16(11)1-3-20-4-6-21-7-5-20/h2,8-10H,1,3-7,19H2. The highest BCUT2D eigenvalue weighted by atomic mass is 35.5. The fourth-order valence-electron chi connectivity index (χ4n) is 2.65. The summed E-state index contributed by atoms with van der Waals surface area (Å²) >= 11 is 7.46. The zero-order valence-electron chi connectivity index (χ0n) is 12.1. The summed E-state index contributed by atoms with van der Waals surface area (Å²) in [4.78, 5) is 3.61. The molecule has 0 atom stereocenters. The van der Waals surface area contributed by atoms with Gasteiger partial charge >= 0.3 is 0 Å². The first-order valence-electron chi connectivity index (χ1n) is 7.26. The van der Waals surface area contributed by atoms with E-state index in [-0.39, 0.29) is 5.02 Å². The molecule has 0 radical (unpaired) electrons. The molecule has 3 nitrogen and oxygen atoms in total. The van der Waals surface area contributed by atoms with Crippen LogP contribution in [0, 0.1) is 5.82 Å². The number of nitrogens with zero attached hydrogens (tertiary/aromatic N) is 1. The summed E-state index contributed by atoms with van der Waals surface area (Å²) in [6.07, 6.45) is 0.927. The minimum absolute atomic E-state index is 0.0614. The third kappa shape index (κ3) is 3.43. The van der Waals surface area contributed by atoms with Gasteiger partial charge in [-0.3, -0.25) is 4.90 Å². The van der Waals surface area contributed by atoms with Crippen LogP contribution in [0.1, 0.15) is 4.88 Å². The Balaban J connectivity index is 1.78. The molecule has 2 aromatic rings. The molecular formula is C16H18ClFN2OS. The van der Waals surface area contributed by atoms with Gasteiger partial charge in [0.1, 0.15) is 5.82 Å². The Kier molecular flexibility index (Phi) is 4.98. The number of halogens is 2. The topological polar surface area (TPSA) is 38.5 Å². The molecule has 0 unspecified atom stereocenters. The van der Waals surface area contributed by atoms with Crippen molar-refractivity contribution < 1.29 is 9.13 Å². The van der Waals surface area contributed by atoms with Gasteiger partial charge in [-0.25, -0.2) is 4.39 Å². The molecule has 0 aliphatic carbocycles. The zero-order valence-corrected chi connectivity index (χ0v) is 13.7. The van der Waals surface area contributed by atoms with Crippen molar-refractivity contribution >= 4 is 28.6 Å². The van der Waals surface area contributed by atoms with E-state index in [1.165, 1.54) is 17.0 Å². The molecule has 1 fully saturated rings. The summed E-state index contributed by atoms with van der Waals surface area (Å²) in [5, 5.41) is 2.09. The first-order chi connectivity index (χ1) is 10.6. The van der Waals surface area contributed by atoms with Crippen LogP contribution in [0.25, 0.3) is 11.1 Å². The summed E-state index contributed by atoms with van der Waals surface area (Å²) in [5.41, 5.74) is 8.26. The molecule has 0 spiro atoms. The van der Waals surface area contributed by atoms with Crippen LogP contribution >= 0.6 is 22.9 Å². The third-order valence-electron chi connectivity index (χ3n) is 3.89. The molecule has 0 amide bonds. The lowest BCUT2D eigenvalue weighted by Crippen LogP contribution is -2.37. The monoisotopic (exact) mass is 340 g/mol. The Morgan fingerprint density at radius 3 is 2.82 bits per heavy atom. The number of ether oxygens (including phenoxy) is 1. The van der Waals surface area contributed by atoms with Gasteiger partial charge in [0, 0.05) is 35.8 Å². The summed E-state index contributed by atoms with van der Waals surface area (Å²) in [6.45, 7) is 4.52. The van der Waals surface area contributed by atoms with E-state index in [1.807, 2.05) is 11.4 Å². The summed E-state index contributed by atoms with van der Waals surface area (Å²) in [5.74, 6) is -0.434. The Morgan fingerprint density at radius 2 is 2.05 bits per heavy atom. The molecule has 118 valence electrons. The maximum Gasteiger partial charge on any atom is 0.142 e. The molecule has 22 heavy (non-hydrogen) atoms. The highest BCUT2D eigenvalue weighted by Crippen LogP contribution is 2.35. The Morgan fingerprint density at radius 1 is 1.27 bits per heavy atom. The van der Waals surface area contributed by atoms with Gasteiger partial charge in [0.2, 0.25) is 0 Å². The van der Waals surface area contributed by atoms with Gasteiger partial charge in [-0.1, -0.05) is 11.6 Å². The number of anilines is 1. The van der Waals surface area contributed by atoms with Crippen LogP contribution in [0.4, 0.5) is 10.1 Å². The van der Waals surface area contributed by atoms with Crippen molar-refractivity contribution in [2.45, 2.75) is 6.42 Å². The predicted octanol–water partition coefficient (Wildman–Crippen LogP) is 3.66. The lowest BCUT2D eigenvalue weighted by Gasteiger charge is -2.26. The minimum atomic E-state index is -0.434. The summed E-state index contributed by atoms with van der Waals surface area (Å²) in [6, 6.07) is 4.91. The number of nitrogen functional groups attached to an aromatic ring is 1. The first-order valence-corrected chi connectivity index (χ1v) is 8.52. The smallest absolute Gasteiger partial charge is 0.142 e. The van der Waals surface area contributed by atoms with Gasteiger partial charge < -0.3 is 10.5 Å². The number of thiophene rings is 1. The molecule has 0 saturated carbocycles. The number of morpholine rings is 1. The fourth-order valence-corrected chi connectivity index (χ4v) is 3.71. The van der Waals surface area contributed by atoms with Gasteiger partial charge in [-0.2, -0.15) is 0 Å². The summed E-state index contributed by atoms with van der Waals surface area (Å²) in [7, 11) is 0. The average molecular weight is 341 g/mol. The van der Waals surface area contributed by atoms with E-state index < -0.39 is 5.82 Å². The molecular weight excluding hydrogens is 323 g/mol. The van der Waals surface area contributed by atoms with E-state index in [0.29, 0.717) is 5.69 Å². The van der Waals surface area contributed by atoms with Crippen LogP contribution in [0.3, 0.4) is 0 Å². The molecule has 6 heteroatoms. The number of hydrogen-bond donors (Lipinski definition) is 1. The fraction of sp³-hybridized carbons (Fsp3) is 0.375. The van der Waals surface area contributed by atoms with Crippen LogP contribution < -0.4 is 5.73 Å². The van der Waals surface area contributed by atoms with Crippen LogP contribution in [-0.4, -0.2) is 37.7 Å². The lowest BCUT2D eigenvalue weighted by molar-refractivity contribution is 0.0385. The SMILES string of the molecule is Nc1cc(Cl)c(F)cc1-c1ccsc1CCN1CCOCC1. The van der Waals surface area contributed by atoms with Gasteiger partial charge in [0.15, 0.2) is 0 Å². The van der Waals surface area contributed by atoms with E-state index in [0.717, 1.165) is 50.4 Å². The largest absolute Gasteiger partial charge is 0.398 e. The van der Waals surface area contributed by atoms with Gasteiger partial charge in [-0.05, 0) is 35.6 Å². The Bertz CT molecular complexity index is 656.